The first kappa shape index (κ1) is 19.8. The molecule has 0 aromatic heterocycles. The maximum atomic E-state index is 12.2. The quantitative estimate of drug-likeness (QED) is 0.412. The van der Waals surface area contributed by atoms with Crippen LogP contribution < -0.4 is 4.72 Å². The highest BCUT2D eigenvalue weighted by Crippen LogP contribution is 2.20. The van der Waals surface area contributed by atoms with Gasteiger partial charge in [-0.2, -0.15) is 0 Å². The van der Waals surface area contributed by atoms with Crippen LogP contribution in [0.15, 0.2) is 46.6 Å². The molecule has 1 heterocycles. The van der Waals surface area contributed by atoms with Crippen molar-refractivity contribution in [2.24, 2.45) is 0 Å². The maximum absolute atomic E-state index is 12.2. The van der Waals surface area contributed by atoms with E-state index in [1.54, 1.807) is 25.1 Å². The van der Waals surface area contributed by atoms with Gasteiger partial charge in [-0.25, -0.2) is 13.1 Å². The number of amides is 2. The Bertz CT molecular complexity index is 845. The number of nitrogens with zero attached hydrogens (tertiary/aromatic N) is 1. The van der Waals surface area contributed by atoms with Crippen LogP contribution >= 0.6 is 0 Å². The van der Waals surface area contributed by atoms with Crippen molar-refractivity contribution >= 4 is 27.6 Å². The standard InChI is InChI=1S/C17H20N2O6S/c1-2-6-15(22)19-11-14(21)16(17(19)23)13(20)9-10-18-26(24,25)12-7-4-3-5-8-12/h3-5,7-8,18,20H,2,6,9-11H2,1H3/b16-13-. The predicted molar refractivity (Wildman–Crippen MR) is 92.5 cm³/mol. The summed E-state index contributed by atoms with van der Waals surface area (Å²) in [6.45, 7) is 1.18. The van der Waals surface area contributed by atoms with Crippen molar-refractivity contribution in [2.45, 2.75) is 31.1 Å². The molecule has 1 aliphatic heterocycles. The molecule has 0 atom stereocenters. The summed E-state index contributed by atoms with van der Waals surface area (Å²) in [5, 5.41) is 10.1. The molecule has 1 aromatic carbocycles. The molecule has 1 saturated heterocycles. The zero-order valence-corrected chi connectivity index (χ0v) is 15.1. The van der Waals surface area contributed by atoms with E-state index in [9.17, 15) is 27.9 Å². The lowest BCUT2D eigenvalue weighted by Crippen LogP contribution is -2.32. The summed E-state index contributed by atoms with van der Waals surface area (Å²) in [5.41, 5.74) is -0.451. The van der Waals surface area contributed by atoms with Crippen LogP contribution in [0.4, 0.5) is 0 Å². The van der Waals surface area contributed by atoms with Crippen molar-refractivity contribution in [1.82, 2.24) is 9.62 Å². The van der Waals surface area contributed by atoms with Gasteiger partial charge in [0.15, 0.2) is 5.78 Å². The maximum Gasteiger partial charge on any atom is 0.268 e. The summed E-state index contributed by atoms with van der Waals surface area (Å²) < 4.78 is 26.5. The van der Waals surface area contributed by atoms with E-state index in [2.05, 4.69) is 4.72 Å². The Morgan fingerprint density at radius 3 is 2.46 bits per heavy atom. The molecule has 2 N–H and O–H groups in total. The molecular formula is C17H20N2O6S. The molecule has 0 unspecified atom stereocenters. The molecule has 2 rings (SSSR count). The zero-order chi connectivity index (χ0) is 19.3. The van der Waals surface area contributed by atoms with Crippen LogP contribution in [0.3, 0.4) is 0 Å². The topological polar surface area (TPSA) is 121 Å². The number of aliphatic hydroxyl groups excluding tert-OH is 1. The normalized spacial score (nSPS) is 16.9. The van der Waals surface area contributed by atoms with Crippen LogP contribution in [-0.4, -0.2) is 49.1 Å². The fourth-order valence-electron chi connectivity index (χ4n) is 2.50. The van der Waals surface area contributed by atoms with E-state index in [0.717, 1.165) is 4.90 Å². The number of imide groups is 1. The third-order valence-corrected chi connectivity index (χ3v) is 5.28. The second-order valence-electron chi connectivity index (χ2n) is 5.74. The SMILES string of the molecule is CCCC(=O)N1CC(=O)/C(=C(/O)CCNS(=O)(=O)c2ccccc2)C1=O. The van der Waals surface area contributed by atoms with Gasteiger partial charge in [-0.15, -0.1) is 0 Å². The number of hydrogen-bond donors (Lipinski definition) is 2. The average molecular weight is 380 g/mol. The highest BCUT2D eigenvalue weighted by atomic mass is 32.2. The first-order chi connectivity index (χ1) is 12.3. The fraction of sp³-hybridized carbons (Fsp3) is 0.353. The highest BCUT2D eigenvalue weighted by molar-refractivity contribution is 7.89. The summed E-state index contributed by atoms with van der Waals surface area (Å²) in [7, 11) is -3.76. The Morgan fingerprint density at radius 2 is 1.85 bits per heavy atom. The summed E-state index contributed by atoms with van der Waals surface area (Å²) in [6, 6.07) is 7.67. The molecule has 1 aromatic rings. The van der Waals surface area contributed by atoms with E-state index in [-0.39, 0.29) is 24.3 Å². The lowest BCUT2D eigenvalue weighted by molar-refractivity contribution is -0.141. The summed E-state index contributed by atoms with van der Waals surface area (Å²) in [4.78, 5) is 36.8. The minimum Gasteiger partial charge on any atom is -0.511 e. The first-order valence-corrected chi connectivity index (χ1v) is 9.61. The average Bonchev–Trinajstić information content (AvgIpc) is 2.90. The van der Waals surface area contributed by atoms with Gasteiger partial charge in [0.2, 0.25) is 15.9 Å². The summed E-state index contributed by atoms with van der Waals surface area (Å²) >= 11 is 0. The van der Waals surface area contributed by atoms with Crippen molar-refractivity contribution < 1.29 is 27.9 Å². The van der Waals surface area contributed by atoms with Crippen molar-refractivity contribution in [2.75, 3.05) is 13.1 Å². The Morgan fingerprint density at radius 1 is 1.19 bits per heavy atom. The van der Waals surface area contributed by atoms with E-state index in [4.69, 9.17) is 0 Å². The van der Waals surface area contributed by atoms with Crippen LogP contribution in [0.5, 0.6) is 0 Å². The van der Waals surface area contributed by atoms with Gasteiger partial charge in [0.25, 0.3) is 5.91 Å². The van der Waals surface area contributed by atoms with Crippen molar-refractivity contribution in [1.29, 1.82) is 0 Å². The van der Waals surface area contributed by atoms with E-state index in [1.807, 2.05) is 0 Å². The van der Waals surface area contributed by atoms with E-state index < -0.39 is 45.5 Å². The third-order valence-electron chi connectivity index (χ3n) is 3.80. The molecule has 1 fully saturated rings. The molecule has 140 valence electrons. The summed E-state index contributed by atoms with van der Waals surface area (Å²) in [5.74, 6) is -2.49. The molecule has 0 spiro atoms. The van der Waals surface area contributed by atoms with Crippen LogP contribution in [0.25, 0.3) is 0 Å². The van der Waals surface area contributed by atoms with Gasteiger partial charge in [0.05, 0.1) is 11.4 Å². The smallest absolute Gasteiger partial charge is 0.268 e. The van der Waals surface area contributed by atoms with E-state index >= 15 is 0 Å². The molecule has 0 aliphatic carbocycles. The molecule has 1 aliphatic rings. The lowest BCUT2D eigenvalue weighted by atomic mass is 10.1. The number of hydrogen-bond acceptors (Lipinski definition) is 6. The Kier molecular flexibility index (Phi) is 6.27. The number of carbonyl (C=O) groups is 3. The van der Waals surface area contributed by atoms with Crippen LogP contribution in [0, 0.1) is 0 Å². The minimum absolute atomic E-state index is 0.0662. The highest BCUT2D eigenvalue weighted by Gasteiger charge is 2.39. The van der Waals surface area contributed by atoms with Crippen LogP contribution in [-0.2, 0) is 24.4 Å². The first-order valence-electron chi connectivity index (χ1n) is 8.12. The van der Waals surface area contributed by atoms with Gasteiger partial charge in [0.1, 0.15) is 11.3 Å². The van der Waals surface area contributed by atoms with Gasteiger partial charge in [0, 0.05) is 19.4 Å². The number of sulfonamides is 1. The lowest BCUT2D eigenvalue weighted by Gasteiger charge is -2.11. The molecule has 8 nitrogen and oxygen atoms in total. The van der Waals surface area contributed by atoms with Gasteiger partial charge in [-0.1, -0.05) is 25.1 Å². The van der Waals surface area contributed by atoms with Crippen molar-refractivity contribution in [3.63, 3.8) is 0 Å². The largest absolute Gasteiger partial charge is 0.511 e. The molecule has 0 radical (unpaired) electrons. The second kappa shape index (κ2) is 8.24. The monoisotopic (exact) mass is 380 g/mol. The van der Waals surface area contributed by atoms with Crippen LogP contribution in [0.1, 0.15) is 26.2 Å². The molecule has 26 heavy (non-hydrogen) atoms. The second-order valence-corrected chi connectivity index (χ2v) is 7.51. The predicted octanol–water partition coefficient (Wildman–Crippen LogP) is 0.905. The zero-order valence-electron chi connectivity index (χ0n) is 14.3. The van der Waals surface area contributed by atoms with E-state index in [0.29, 0.717) is 6.42 Å². The number of carbonyl (C=O) groups excluding carboxylic acids is 3. The Hall–Kier alpha value is -2.52. The fourth-order valence-corrected chi connectivity index (χ4v) is 3.55. The Balaban J connectivity index is 2.04. The van der Waals surface area contributed by atoms with Crippen LogP contribution in [0.2, 0.25) is 0 Å². The molecular weight excluding hydrogens is 360 g/mol. The Labute approximate surface area is 151 Å². The van der Waals surface area contributed by atoms with Crippen molar-refractivity contribution in [3.05, 3.63) is 41.7 Å². The number of ketones is 1. The number of Topliss-reactive ketones (excluding diaryl/α,β-unsaturated/α-hetero) is 1. The molecule has 9 heteroatoms. The summed E-state index contributed by atoms with van der Waals surface area (Å²) in [6.07, 6.45) is 0.418. The molecule has 0 saturated carbocycles. The number of nitrogens with one attached hydrogen (secondary N) is 1. The molecule has 0 bridgehead atoms. The number of benzene rings is 1. The van der Waals surface area contributed by atoms with Crippen molar-refractivity contribution in [3.8, 4) is 0 Å². The number of likely N-dealkylation sites (tertiary alicyclic amines) is 1. The minimum atomic E-state index is -3.76. The number of aliphatic hydroxyl groups is 1. The van der Waals surface area contributed by atoms with Gasteiger partial charge < -0.3 is 5.11 Å². The van der Waals surface area contributed by atoms with Gasteiger partial charge in [-0.05, 0) is 18.6 Å². The van der Waals surface area contributed by atoms with Gasteiger partial charge >= 0.3 is 0 Å². The van der Waals surface area contributed by atoms with Gasteiger partial charge in [-0.3, -0.25) is 19.3 Å². The van der Waals surface area contributed by atoms with E-state index in [1.165, 1.54) is 12.1 Å². The molecule has 2 amide bonds. The third kappa shape index (κ3) is 4.36. The number of rotatable bonds is 7.